The number of piperidine rings is 1. The zero-order valence-electron chi connectivity index (χ0n) is 16.1. The van der Waals surface area contributed by atoms with Crippen molar-refractivity contribution < 1.29 is 18.2 Å². The van der Waals surface area contributed by atoms with E-state index < -0.39 is 11.3 Å². The molecule has 0 aliphatic carbocycles. The molecule has 0 spiro atoms. The topological polar surface area (TPSA) is 96.8 Å². The smallest absolute Gasteiger partial charge is 0.231 e. The highest BCUT2D eigenvalue weighted by Crippen LogP contribution is 2.32. The normalized spacial score (nSPS) is 16.0. The molecule has 0 saturated carbocycles. The van der Waals surface area contributed by atoms with E-state index in [1.807, 2.05) is 24.3 Å². The first kappa shape index (κ1) is 20.5. The number of aromatic nitrogens is 2. The van der Waals surface area contributed by atoms with Crippen molar-refractivity contribution in [3.05, 3.63) is 30.6 Å². The average molecular weight is 407 g/mol. The summed E-state index contributed by atoms with van der Waals surface area (Å²) in [4.78, 5) is 11.1. The van der Waals surface area contributed by atoms with Crippen LogP contribution in [0.5, 0.6) is 11.5 Å². The third-order valence-electron chi connectivity index (χ3n) is 5.05. The molecule has 28 heavy (non-hydrogen) atoms. The molecule has 1 aliphatic heterocycles. The number of nitrogens with zero attached hydrogens (tertiary/aromatic N) is 3. The van der Waals surface area contributed by atoms with Crippen molar-refractivity contribution in [1.29, 1.82) is 0 Å². The first-order valence-corrected chi connectivity index (χ1v) is 10.3. The summed E-state index contributed by atoms with van der Waals surface area (Å²) < 4.78 is 32.7. The standard InChI is InChI=1S/C19H26N4O4S/c1-26-17-4-3-15(11-18(17)27-2)16-12-19(21-13-20-16)23-9-6-14(7-10-23)5-8-22-28(24)25/h3-4,11-14,22H,5-10H2,1-2H3,(H,24,25). The quantitative estimate of drug-likeness (QED) is 0.650. The molecule has 0 amide bonds. The van der Waals surface area contributed by atoms with Gasteiger partial charge in [-0.25, -0.2) is 18.9 Å². The number of rotatable bonds is 8. The predicted octanol–water partition coefficient (Wildman–Crippen LogP) is 2.49. The molecular weight excluding hydrogens is 380 g/mol. The Morgan fingerprint density at radius 1 is 1.18 bits per heavy atom. The number of anilines is 1. The Morgan fingerprint density at radius 3 is 2.61 bits per heavy atom. The Kier molecular flexibility index (Phi) is 7.18. The molecule has 9 heteroatoms. The van der Waals surface area contributed by atoms with Crippen LogP contribution in [0.15, 0.2) is 30.6 Å². The van der Waals surface area contributed by atoms with Crippen LogP contribution in [-0.2, 0) is 11.3 Å². The van der Waals surface area contributed by atoms with Crippen LogP contribution in [0.25, 0.3) is 11.3 Å². The van der Waals surface area contributed by atoms with Crippen molar-refractivity contribution in [1.82, 2.24) is 14.7 Å². The van der Waals surface area contributed by atoms with E-state index in [4.69, 9.17) is 14.0 Å². The second kappa shape index (κ2) is 9.81. The molecule has 1 atom stereocenters. The maximum atomic E-state index is 10.7. The third-order valence-corrected chi connectivity index (χ3v) is 5.50. The van der Waals surface area contributed by atoms with Gasteiger partial charge in [0.1, 0.15) is 12.1 Å². The Hall–Kier alpha value is -2.23. The van der Waals surface area contributed by atoms with Gasteiger partial charge in [0.2, 0.25) is 11.3 Å². The van der Waals surface area contributed by atoms with Crippen LogP contribution in [-0.4, -0.2) is 52.6 Å². The van der Waals surface area contributed by atoms with E-state index in [9.17, 15) is 4.21 Å². The van der Waals surface area contributed by atoms with E-state index in [0.29, 0.717) is 24.0 Å². The number of benzene rings is 1. The zero-order chi connectivity index (χ0) is 19.9. The minimum atomic E-state index is -1.93. The molecule has 1 unspecified atom stereocenters. The van der Waals surface area contributed by atoms with Crippen molar-refractivity contribution >= 4 is 17.1 Å². The van der Waals surface area contributed by atoms with E-state index in [1.54, 1.807) is 20.5 Å². The summed E-state index contributed by atoms with van der Waals surface area (Å²) in [5.74, 6) is 2.81. The lowest BCUT2D eigenvalue weighted by atomic mass is 9.93. The minimum absolute atomic E-state index is 0.555. The maximum Gasteiger partial charge on any atom is 0.231 e. The molecule has 2 aromatic rings. The van der Waals surface area contributed by atoms with Crippen LogP contribution in [0.3, 0.4) is 0 Å². The minimum Gasteiger partial charge on any atom is -0.493 e. The molecule has 1 saturated heterocycles. The van der Waals surface area contributed by atoms with E-state index in [1.165, 1.54) is 0 Å². The van der Waals surface area contributed by atoms with E-state index in [0.717, 1.165) is 49.4 Å². The highest BCUT2D eigenvalue weighted by molar-refractivity contribution is 7.77. The second-order valence-corrected chi connectivity index (χ2v) is 7.48. The molecule has 1 aliphatic rings. The summed E-state index contributed by atoms with van der Waals surface area (Å²) >= 11 is -1.93. The Bertz CT molecular complexity index is 812. The van der Waals surface area contributed by atoms with Gasteiger partial charge in [0.05, 0.1) is 19.9 Å². The molecule has 8 nitrogen and oxygen atoms in total. The summed E-state index contributed by atoms with van der Waals surface area (Å²) in [6.07, 6.45) is 4.57. The van der Waals surface area contributed by atoms with Crippen molar-refractivity contribution in [2.45, 2.75) is 19.3 Å². The Balaban J connectivity index is 1.65. The molecule has 2 heterocycles. The van der Waals surface area contributed by atoms with Gasteiger partial charge in [-0.15, -0.1) is 0 Å². The lowest BCUT2D eigenvalue weighted by Crippen LogP contribution is -2.35. The highest BCUT2D eigenvalue weighted by atomic mass is 32.2. The lowest BCUT2D eigenvalue weighted by molar-refractivity contribution is 0.355. The summed E-state index contributed by atoms with van der Waals surface area (Å²) in [6, 6.07) is 7.74. The van der Waals surface area contributed by atoms with Gasteiger partial charge in [-0.3, -0.25) is 4.55 Å². The molecule has 3 rings (SSSR count). The summed E-state index contributed by atoms with van der Waals surface area (Å²) in [5.41, 5.74) is 1.78. The lowest BCUT2D eigenvalue weighted by Gasteiger charge is -2.32. The second-order valence-electron chi connectivity index (χ2n) is 6.69. The molecule has 1 aromatic heterocycles. The van der Waals surface area contributed by atoms with Crippen molar-refractivity contribution in [2.24, 2.45) is 5.92 Å². The SMILES string of the molecule is COc1ccc(-c2cc(N3CCC(CCNS(=O)O)CC3)ncn2)cc1OC. The maximum absolute atomic E-state index is 10.7. The van der Waals surface area contributed by atoms with Crippen LogP contribution in [0, 0.1) is 5.92 Å². The Morgan fingerprint density at radius 2 is 1.93 bits per heavy atom. The number of hydrogen-bond acceptors (Lipinski definition) is 6. The van der Waals surface area contributed by atoms with E-state index in [-0.39, 0.29) is 0 Å². The van der Waals surface area contributed by atoms with Gasteiger partial charge in [-0.2, -0.15) is 0 Å². The van der Waals surface area contributed by atoms with Crippen LogP contribution >= 0.6 is 0 Å². The van der Waals surface area contributed by atoms with Crippen molar-refractivity contribution in [3.63, 3.8) is 0 Å². The van der Waals surface area contributed by atoms with Crippen LogP contribution in [0.2, 0.25) is 0 Å². The van der Waals surface area contributed by atoms with Crippen LogP contribution in [0.4, 0.5) is 5.82 Å². The fourth-order valence-corrected chi connectivity index (χ4v) is 3.77. The van der Waals surface area contributed by atoms with Gasteiger partial charge in [0, 0.05) is 31.3 Å². The number of hydrogen-bond donors (Lipinski definition) is 2. The van der Waals surface area contributed by atoms with Gasteiger partial charge in [0.25, 0.3) is 0 Å². The molecule has 152 valence electrons. The zero-order valence-corrected chi connectivity index (χ0v) is 16.9. The average Bonchev–Trinajstić information content (AvgIpc) is 2.73. The fraction of sp³-hybridized carbons (Fsp3) is 0.474. The molecule has 1 aromatic carbocycles. The molecule has 2 N–H and O–H groups in total. The van der Waals surface area contributed by atoms with Crippen molar-refractivity contribution in [2.75, 3.05) is 38.8 Å². The summed E-state index contributed by atoms with van der Waals surface area (Å²) in [7, 11) is 3.23. The van der Waals surface area contributed by atoms with E-state index >= 15 is 0 Å². The first-order valence-electron chi connectivity index (χ1n) is 9.24. The molecular formula is C19H26N4O4S. The number of ether oxygens (including phenoxy) is 2. The summed E-state index contributed by atoms with van der Waals surface area (Å²) in [5, 5.41) is 0. The molecule has 1 fully saturated rings. The Labute approximate surface area is 167 Å². The molecule has 0 bridgehead atoms. The van der Waals surface area contributed by atoms with Gasteiger partial charge in [-0.05, 0) is 43.4 Å². The number of nitrogens with one attached hydrogen (secondary N) is 1. The van der Waals surface area contributed by atoms with E-state index in [2.05, 4.69) is 19.6 Å². The van der Waals surface area contributed by atoms with Gasteiger partial charge >= 0.3 is 0 Å². The third kappa shape index (κ3) is 5.18. The van der Waals surface area contributed by atoms with Gasteiger partial charge in [-0.1, -0.05) is 0 Å². The fourth-order valence-electron chi connectivity index (χ4n) is 3.47. The largest absolute Gasteiger partial charge is 0.493 e. The number of methoxy groups -OCH3 is 2. The summed E-state index contributed by atoms with van der Waals surface area (Å²) in [6.45, 7) is 2.38. The first-order chi connectivity index (χ1) is 13.6. The van der Waals surface area contributed by atoms with Crippen LogP contribution in [0.1, 0.15) is 19.3 Å². The highest BCUT2D eigenvalue weighted by Gasteiger charge is 2.20. The predicted molar refractivity (Wildman–Crippen MR) is 109 cm³/mol. The van der Waals surface area contributed by atoms with Crippen LogP contribution < -0.4 is 19.1 Å². The van der Waals surface area contributed by atoms with Crippen molar-refractivity contribution in [3.8, 4) is 22.8 Å². The monoisotopic (exact) mass is 406 g/mol. The van der Waals surface area contributed by atoms with Gasteiger partial charge < -0.3 is 14.4 Å². The molecule has 0 radical (unpaired) electrons. The van der Waals surface area contributed by atoms with Gasteiger partial charge in [0.15, 0.2) is 11.5 Å².